The highest BCUT2D eigenvalue weighted by atomic mass is 35.5. The number of nitrogens with zero attached hydrogens (tertiary/aromatic N) is 1. The van der Waals surface area contributed by atoms with Crippen molar-refractivity contribution in [3.05, 3.63) is 52.8 Å². The lowest BCUT2D eigenvalue weighted by Gasteiger charge is -2.29. The average molecular weight is 407 g/mol. The number of hydrogen-bond donors (Lipinski definition) is 1. The van der Waals surface area contributed by atoms with Crippen molar-refractivity contribution in [3.63, 3.8) is 0 Å². The number of benzene rings is 2. The number of ether oxygens (including phenoxy) is 2. The molecule has 0 aromatic heterocycles. The zero-order valence-electron chi connectivity index (χ0n) is 15.8. The van der Waals surface area contributed by atoms with E-state index >= 15 is 0 Å². The quantitative estimate of drug-likeness (QED) is 0.691. The van der Waals surface area contributed by atoms with Gasteiger partial charge in [-0.3, -0.25) is 4.79 Å². The van der Waals surface area contributed by atoms with Crippen LogP contribution in [0.3, 0.4) is 0 Å². The second kappa shape index (κ2) is 9.75. The van der Waals surface area contributed by atoms with E-state index in [1.54, 1.807) is 18.2 Å². The van der Waals surface area contributed by atoms with Gasteiger partial charge >= 0.3 is 0 Å². The van der Waals surface area contributed by atoms with E-state index < -0.39 is 0 Å². The van der Waals surface area contributed by atoms with Gasteiger partial charge in [0.25, 0.3) is 0 Å². The lowest BCUT2D eigenvalue weighted by Crippen LogP contribution is -2.36. The Kier molecular flexibility index (Phi) is 7.12. The predicted molar refractivity (Wildman–Crippen MR) is 109 cm³/mol. The first-order valence-electron chi connectivity index (χ1n) is 9.34. The van der Waals surface area contributed by atoms with Gasteiger partial charge in [-0.2, -0.15) is 0 Å². The number of aryl methyl sites for hydroxylation is 1. The fourth-order valence-corrected chi connectivity index (χ4v) is 3.29. The van der Waals surface area contributed by atoms with Gasteiger partial charge in [0.2, 0.25) is 5.91 Å². The Morgan fingerprint density at radius 1 is 1.25 bits per heavy atom. The Morgan fingerprint density at radius 3 is 2.75 bits per heavy atom. The second-order valence-electron chi connectivity index (χ2n) is 6.68. The Labute approximate surface area is 169 Å². The summed E-state index contributed by atoms with van der Waals surface area (Å²) in [5, 5.41) is 3.40. The van der Waals surface area contributed by atoms with Crippen molar-refractivity contribution in [2.24, 2.45) is 0 Å². The molecule has 0 radical (unpaired) electrons. The summed E-state index contributed by atoms with van der Waals surface area (Å²) in [5.41, 5.74) is 1.94. The second-order valence-corrected chi connectivity index (χ2v) is 7.11. The van der Waals surface area contributed by atoms with Crippen LogP contribution in [-0.4, -0.2) is 38.8 Å². The highest BCUT2D eigenvalue weighted by Gasteiger charge is 2.15. The first-order chi connectivity index (χ1) is 13.5. The molecule has 1 saturated heterocycles. The Morgan fingerprint density at radius 2 is 2.04 bits per heavy atom. The van der Waals surface area contributed by atoms with Gasteiger partial charge in [0.1, 0.15) is 11.6 Å². The molecule has 3 rings (SSSR count). The molecule has 28 heavy (non-hydrogen) atoms. The molecule has 2 aromatic carbocycles. The highest BCUT2D eigenvalue weighted by Crippen LogP contribution is 2.24. The monoisotopic (exact) mass is 406 g/mol. The molecule has 0 saturated carbocycles. The summed E-state index contributed by atoms with van der Waals surface area (Å²) in [5.74, 6) is 0.238. The summed E-state index contributed by atoms with van der Waals surface area (Å²) >= 11 is 5.92. The topological polar surface area (TPSA) is 50.8 Å². The number of halogens is 2. The van der Waals surface area contributed by atoms with Crippen molar-refractivity contribution < 1.29 is 18.7 Å². The van der Waals surface area contributed by atoms with Gasteiger partial charge in [-0.1, -0.05) is 11.6 Å². The van der Waals surface area contributed by atoms with Crippen LogP contribution in [0.5, 0.6) is 5.75 Å². The molecule has 2 aromatic rings. The van der Waals surface area contributed by atoms with E-state index in [1.807, 2.05) is 24.0 Å². The fourth-order valence-electron chi connectivity index (χ4n) is 3.06. The molecule has 1 fully saturated rings. The van der Waals surface area contributed by atoms with Crippen LogP contribution in [0.25, 0.3) is 0 Å². The van der Waals surface area contributed by atoms with Crippen molar-refractivity contribution in [3.8, 4) is 5.75 Å². The molecule has 1 heterocycles. The smallest absolute Gasteiger partial charge is 0.224 e. The van der Waals surface area contributed by atoms with E-state index in [2.05, 4.69) is 5.32 Å². The SMILES string of the molecule is Cc1cc(Cl)ccc1OCCCC(=O)Nc1ccc(N2CCOCC2)c(F)c1. The van der Waals surface area contributed by atoms with E-state index in [1.165, 1.54) is 6.07 Å². The fraction of sp³-hybridized carbons (Fsp3) is 0.381. The minimum atomic E-state index is -0.346. The lowest BCUT2D eigenvalue weighted by molar-refractivity contribution is -0.116. The van der Waals surface area contributed by atoms with Crippen LogP contribution in [0.15, 0.2) is 36.4 Å². The molecule has 0 bridgehead atoms. The summed E-state index contributed by atoms with van der Waals surface area (Å²) in [4.78, 5) is 14.0. The van der Waals surface area contributed by atoms with Gasteiger partial charge in [0.05, 0.1) is 25.5 Å². The molecule has 0 aliphatic carbocycles. The van der Waals surface area contributed by atoms with E-state index in [4.69, 9.17) is 21.1 Å². The van der Waals surface area contributed by atoms with Crippen LogP contribution in [0.2, 0.25) is 5.02 Å². The number of hydrogen-bond acceptors (Lipinski definition) is 4. The number of morpholine rings is 1. The normalized spacial score (nSPS) is 14.0. The maximum Gasteiger partial charge on any atom is 0.224 e. The van der Waals surface area contributed by atoms with Crippen molar-refractivity contribution >= 4 is 28.9 Å². The highest BCUT2D eigenvalue weighted by molar-refractivity contribution is 6.30. The van der Waals surface area contributed by atoms with Gasteiger partial charge in [-0.25, -0.2) is 4.39 Å². The molecular formula is C21H24ClFN2O3. The van der Waals surface area contributed by atoms with Crippen LogP contribution in [-0.2, 0) is 9.53 Å². The molecule has 1 N–H and O–H groups in total. The van der Waals surface area contributed by atoms with Crippen LogP contribution in [0.4, 0.5) is 15.8 Å². The van der Waals surface area contributed by atoms with Crippen molar-refractivity contribution in [2.75, 3.05) is 43.1 Å². The minimum Gasteiger partial charge on any atom is -0.493 e. The lowest BCUT2D eigenvalue weighted by atomic mass is 10.2. The van der Waals surface area contributed by atoms with E-state index in [0.29, 0.717) is 62.1 Å². The van der Waals surface area contributed by atoms with E-state index in [-0.39, 0.29) is 11.7 Å². The van der Waals surface area contributed by atoms with E-state index in [9.17, 15) is 9.18 Å². The zero-order chi connectivity index (χ0) is 19.9. The molecule has 1 amide bonds. The molecule has 150 valence electrons. The Bertz CT molecular complexity index is 825. The molecule has 0 unspecified atom stereocenters. The summed E-state index contributed by atoms with van der Waals surface area (Å²) in [6.07, 6.45) is 0.849. The van der Waals surface area contributed by atoms with Crippen LogP contribution >= 0.6 is 11.6 Å². The maximum atomic E-state index is 14.4. The van der Waals surface area contributed by atoms with Crippen molar-refractivity contribution in [2.45, 2.75) is 19.8 Å². The summed E-state index contributed by atoms with van der Waals surface area (Å²) in [6, 6.07) is 10.2. The number of carbonyl (C=O) groups excluding carboxylic acids is 1. The van der Waals surface area contributed by atoms with Gasteiger partial charge in [-0.15, -0.1) is 0 Å². The third kappa shape index (κ3) is 5.59. The standard InChI is InChI=1S/C21H24ClFN2O3/c1-15-13-16(22)4-7-20(15)28-10-2-3-21(26)24-17-5-6-19(18(23)14-17)25-8-11-27-12-9-25/h4-7,13-14H,2-3,8-12H2,1H3,(H,24,26). The summed E-state index contributed by atoms with van der Waals surface area (Å²) in [7, 11) is 0. The van der Waals surface area contributed by atoms with E-state index in [0.717, 1.165) is 11.3 Å². The first-order valence-corrected chi connectivity index (χ1v) is 9.72. The van der Waals surface area contributed by atoms with Crippen LogP contribution in [0.1, 0.15) is 18.4 Å². The number of anilines is 2. The molecule has 5 nitrogen and oxygen atoms in total. The average Bonchev–Trinajstić information content (AvgIpc) is 2.67. The maximum absolute atomic E-state index is 14.4. The molecule has 1 aliphatic heterocycles. The number of amides is 1. The molecular weight excluding hydrogens is 383 g/mol. The number of rotatable bonds is 7. The first kappa shape index (κ1) is 20.4. The van der Waals surface area contributed by atoms with Gasteiger partial charge in [0.15, 0.2) is 0 Å². The number of carbonyl (C=O) groups is 1. The van der Waals surface area contributed by atoms with Gasteiger partial charge < -0.3 is 19.7 Å². The zero-order valence-corrected chi connectivity index (χ0v) is 16.6. The van der Waals surface area contributed by atoms with Crippen LogP contribution in [0, 0.1) is 12.7 Å². The molecule has 0 atom stereocenters. The number of nitrogens with one attached hydrogen (secondary N) is 1. The summed E-state index contributed by atoms with van der Waals surface area (Å²) < 4.78 is 25.3. The Hall–Kier alpha value is -2.31. The van der Waals surface area contributed by atoms with Gasteiger partial charge in [0, 0.05) is 30.2 Å². The third-order valence-electron chi connectivity index (χ3n) is 4.53. The largest absolute Gasteiger partial charge is 0.493 e. The molecule has 0 spiro atoms. The van der Waals surface area contributed by atoms with Gasteiger partial charge in [-0.05, 0) is 55.3 Å². The molecule has 1 aliphatic rings. The summed E-state index contributed by atoms with van der Waals surface area (Å²) in [6.45, 7) is 4.85. The predicted octanol–water partition coefficient (Wildman–Crippen LogP) is 4.42. The van der Waals surface area contributed by atoms with Crippen LogP contribution < -0.4 is 15.0 Å². The third-order valence-corrected chi connectivity index (χ3v) is 4.76. The van der Waals surface area contributed by atoms with Crippen molar-refractivity contribution in [1.29, 1.82) is 0 Å². The van der Waals surface area contributed by atoms with Crippen molar-refractivity contribution in [1.82, 2.24) is 0 Å². The minimum absolute atomic E-state index is 0.171. The Balaban J connectivity index is 1.44. The molecule has 7 heteroatoms.